The van der Waals surface area contributed by atoms with Gasteiger partial charge in [0.2, 0.25) is 0 Å². The van der Waals surface area contributed by atoms with E-state index in [1.807, 2.05) is 47.2 Å². The highest BCUT2D eigenvalue weighted by Gasteiger charge is 2.15. The van der Waals surface area contributed by atoms with Gasteiger partial charge in [0, 0.05) is 10.9 Å². The molecule has 0 spiro atoms. The van der Waals surface area contributed by atoms with Gasteiger partial charge in [-0.3, -0.25) is 5.43 Å². The van der Waals surface area contributed by atoms with Gasteiger partial charge < -0.3 is 0 Å². The molecule has 0 bridgehead atoms. The van der Waals surface area contributed by atoms with Crippen LogP contribution in [0.3, 0.4) is 0 Å². The Labute approximate surface area is 108 Å². The minimum absolute atomic E-state index is 0.622. The highest BCUT2D eigenvalue weighted by molar-refractivity contribution is 7.08. The van der Waals surface area contributed by atoms with Crippen LogP contribution in [0.15, 0.2) is 62.5 Å². The van der Waals surface area contributed by atoms with Crippen molar-refractivity contribution < 1.29 is 0 Å². The Morgan fingerprint density at radius 3 is 2.83 bits per heavy atom. The van der Waals surface area contributed by atoms with E-state index in [-0.39, 0.29) is 0 Å². The van der Waals surface area contributed by atoms with Crippen molar-refractivity contribution in [1.29, 1.82) is 0 Å². The summed E-state index contributed by atoms with van der Waals surface area (Å²) in [6, 6.07) is 11.7. The van der Waals surface area contributed by atoms with E-state index >= 15 is 0 Å². The molecule has 0 amide bonds. The van der Waals surface area contributed by atoms with Crippen molar-refractivity contribution in [2.24, 2.45) is 15.3 Å². The van der Waals surface area contributed by atoms with E-state index in [0.29, 0.717) is 5.71 Å². The van der Waals surface area contributed by atoms with Crippen LogP contribution in [0, 0.1) is 0 Å². The fraction of sp³-hybridized carbons (Fsp3) is 0. The first-order chi connectivity index (χ1) is 8.93. The number of para-hydroxylation sites is 1. The molecule has 3 rings (SSSR count). The average molecular weight is 253 g/mol. The number of hydrogen-bond acceptors (Lipinski definition) is 5. The summed E-state index contributed by atoms with van der Waals surface area (Å²) >= 11 is 1.62. The van der Waals surface area contributed by atoms with Gasteiger partial charge in [-0.05, 0) is 23.6 Å². The molecule has 0 aliphatic carbocycles. The molecule has 0 saturated heterocycles. The van der Waals surface area contributed by atoms with E-state index in [0.717, 1.165) is 17.0 Å². The number of hydrogen-bond donors (Lipinski definition) is 1. The SMILES string of the molecule is [C]1=NN=C(c2ccsc2)C1=NNc1ccccc1. The lowest BCUT2D eigenvalue weighted by Gasteiger charge is -2.01. The number of nitrogens with one attached hydrogen (secondary N) is 1. The zero-order valence-corrected chi connectivity index (χ0v) is 10.2. The fourth-order valence-electron chi connectivity index (χ4n) is 1.53. The Kier molecular flexibility index (Phi) is 2.97. The standard InChI is InChI=1S/C13H9N4S/c1-2-4-11(5-3-1)15-16-12-8-14-17-13(12)10-6-7-18-9-10/h1-7,9,15H. The van der Waals surface area contributed by atoms with E-state index in [9.17, 15) is 0 Å². The van der Waals surface area contributed by atoms with Gasteiger partial charge in [0.25, 0.3) is 0 Å². The molecule has 1 aliphatic rings. The van der Waals surface area contributed by atoms with E-state index < -0.39 is 0 Å². The van der Waals surface area contributed by atoms with Crippen LogP contribution in [0.2, 0.25) is 0 Å². The Hall–Kier alpha value is -2.27. The Morgan fingerprint density at radius 2 is 2.06 bits per heavy atom. The minimum atomic E-state index is 0.622. The number of thiophene rings is 1. The molecular formula is C13H9N4S. The summed E-state index contributed by atoms with van der Waals surface area (Å²) in [6.45, 7) is 0. The number of anilines is 1. The molecule has 1 aromatic carbocycles. The van der Waals surface area contributed by atoms with E-state index in [2.05, 4.69) is 26.9 Å². The predicted molar refractivity (Wildman–Crippen MR) is 75.8 cm³/mol. The zero-order chi connectivity index (χ0) is 12.2. The maximum absolute atomic E-state index is 4.27. The zero-order valence-electron chi connectivity index (χ0n) is 9.37. The third kappa shape index (κ3) is 2.21. The van der Waals surface area contributed by atoms with Crippen LogP contribution >= 0.6 is 11.3 Å². The van der Waals surface area contributed by atoms with Crippen LogP contribution in [0.4, 0.5) is 5.69 Å². The second-order valence-electron chi connectivity index (χ2n) is 3.61. The van der Waals surface area contributed by atoms with Crippen molar-refractivity contribution >= 4 is 34.7 Å². The van der Waals surface area contributed by atoms with Gasteiger partial charge in [0.1, 0.15) is 17.6 Å². The largest absolute Gasteiger partial charge is 0.278 e. The molecule has 0 unspecified atom stereocenters. The first-order valence-corrected chi connectivity index (χ1v) is 6.33. The Morgan fingerprint density at radius 1 is 1.17 bits per heavy atom. The molecule has 1 N–H and O–H groups in total. The molecule has 2 heterocycles. The molecule has 1 aliphatic heterocycles. The number of rotatable bonds is 3. The van der Waals surface area contributed by atoms with Gasteiger partial charge in [0.05, 0.1) is 5.69 Å². The number of nitrogens with zero attached hydrogens (tertiary/aromatic N) is 3. The quantitative estimate of drug-likeness (QED) is 0.840. The Balaban J connectivity index is 1.80. The molecule has 5 heteroatoms. The molecule has 0 saturated carbocycles. The molecule has 18 heavy (non-hydrogen) atoms. The second kappa shape index (κ2) is 4.93. The van der Waals surface area contributed by atoms with Gasteiger partial charge in [0.15, 0.2) is 0 Å². The molecule has 0 fully saturated rings. The summed E-state index contributed by atoms with van der Waals surface area (Å²) in [7, 11) is 0. The van der Waals surface area contributed by atoms with Gasteiger partial charge in [-0.2, -0.15) is 16.4 Å². The summed E-state index contributed by atoms with van der Waals surface area (Å²) in [5.74, 6) is 0. The Bertz CT molecular complexity index is 612. The normalized spacial score (nSPS) is 16.0. The minimum Gasteiger partial charge on any atom is -0.278 e. The van der Waals surface area contributed by atoms with Gasteiger partial charge in [-0.1, -0.05) is 18.2 Å². The molecule has 0 atom stereocenters. The van der Waals surface area contributed by atoms with Crippen LogP contribution in [0.25, 0.3) is 0 Å². The van der Waals surface area contributed by atoms with Crippen molar-refractivity contribution in [3.8, 4) is 0 Å². The van der Waals surface area contributed by atoms with E-state index in [1.165, 1.54) is 0 Å². The molecule has 1 aromatic heterocycles. The lowest BCUT2D eigenvalue weighted by atomic mass is 10.1. The molecular weight excluding hydrogens is 244 g/mol. The van der Waals surface area contributed by atoms with Crippen LogP contribution in [0.5, 0.6) is 0 Å². The first-order valence-electron chi connectivity index (χ1n) is 5.39. The van der Waals surface area contributed by atoms with Crippen molar-refractivity contribution in [2.45, 2.75) is 0 Å². The third-order valence-electron chi connectivity index (χ3n) is 2.40. The number of hydrazone groups is 1. The lowest BCUT2D eigenvalue weighted by molar-refractivity contribution is 1.28. The van der Waals surface area contributed by atoms with Crippen LogP contribution in [-0.2, 0) is 0 Å². The van der Waals surface area contributed by atoms with E-state index in [1.54, 1.807) is 11.3 Å². The molecule has 87 valence electrons. The highest BCUT2D eigenvalue weighted by atomic mass is 32.1. The fourth-order valence-corrected chi connectivity index (χ4v) is 2.17. The maximum Gasteiger partial charge on any atom is 0.145 e. The average Bonchev–Trinajstić information content (AvgIpc) is 3.08. The monoisotopic (exact) mass is 253 g/mol. The summed E-state index contributed by atoms with van der Waals surface area (Å²) in [6.07, 6.45) is 2.78. The van der Waals surface area contributed by atoms with Crippen molar-refractivity contribution in [2.75, 3.05) is 5.43 Å². The van der Waals surface area contributed by atoms with Crippen LogP contribution in [0.1, 0.15) is 5.56 Å². The van der Waals surface area contributed by atoms with Crippen molar-refractivity contribution in [1.82, 2.24) is 0 Å². The lowest BCUT2D eigenvalue weighted by Crippen LogP contribution is -2.14. The van der Waals surface area contributed by atoms with Gasteiger partial charge >= 0.3 is 0 Å². The van der Waals surface area contributed by atoms with Crippen molar-refractivity contribution in [3.05, 3.63) is 52.7 Å². The molecule has 1 radical (unpaired) electrons. The second-order valence-corrected chi connectivity index (χ2v) is 4.39. The smallest absolute Gasteiger partial charge is 0.145 e. The topological polar surface area (TPSA) is 49.1 Å². The third-order valence-corrected chi connectivity index (χ3v) is 3.08. The first kappa shape index (κ1) is 10.9. The predicted octanol–water partition coefficient (Wildman–Crippen LogP) is 2.88. The summed E-state index contributed by atoms with van der Waals surface area (Å²) in [4.78, 5) is 0. The highest BCUT2D eigenvalue weighted by Crippen LogP contribution is 2.12. The maximum atomic E-state index is 4.27. The number of benzene rings is 1. The van der Waals surface area contributed by atoms with Crippen LogP contribution in [-0.4, -0.2) is 17.6 Å². The van der Waals surface area contributed by atoms with Crippen molar-refractivity contribution in [3.63, 3.8) is 0 Å². The summed E-state index contributed by atoms with van der Waals surface area (Å²) < 4.78 is 0. The summed E-state index contributed by atoms with van der Waals surface area (Å²) in [5, 5.41) is 16.1. The van der Waals surface area contributed by atoms with Gasteiger partial charge in [-0.25, -0.2) is 0 Å². The van der Waals surface area contributed by atoms with Gasteiger partial charge in [-0.15, -0.1) is 10.2 Å². The molecule has 2 aromatic rings. The summed E-state index contributed by atoms with van der Waals surface area (Å²) in [5.41, 5.74) is 6.27. The van der Waals surface area contributed by atoms with Crippen LogP contribution < -0.4 is 5.43 Å². The molecule has 4 nitrogen and oxygen atoms in total. The van der Waals surface area contributed by atoms with E-state index in [4.69, 9.17) is 0 Å².